The molecule has 114 valence electrons. The summed E-state index contributed by atoms with van der Waals surface area (Å²) in [6, 6.07) is 8.19. The molecule has 0 atom stereocenters. The Bertz CT molecular complexity index is 669. The molecule has 0 fully saturated rings. The monoisotopic (exact) mass is 294 g/mol. The van der Waals surface area contributed by atoms with Crippen LogP contribution in [0.2, 0.25) is 0 Å². The molecule has 22 heavy (non-hydrogen) atoms. The number of Topliss-reactive ketones (excluding diaryl/α,β-unsaturated/α-hetero) is 2. The van der Waals surface area contributed by atoms with Crippen molar-refractivity contribution in [2.45, 2.75) is 41.5 Å². The maximum absolute atomic E-state index is 11.7. The zero-order valence-corrected chi connectivity index (χ0v) is 14.1. The van der Waals surface area contributed by atoms with Crippen LogP contribution >= 0.6 is 0 Å². The van der Waals surface area contributed by atoms with Gasteiger partial charge in [-0.2, -0.15) is 0 Å². The van der Waals surface area contributed by atoms with Crippen molar-refractivity contribution in [3.63, 3.8) is 0 Å². The van der Waals surface area contributed by atoms with E-state index in [2.05, 4.69) is 0 Å². The van der Waals surface area contributed by atoms with Crippen molar-refractivity contribution in [2.24, 2.45) is 0 Å². The highest BCUT2D eigenvalue weighted by molar-refractivity contribution is 5.99. The molecule has 2 aromatic carbocycles. The first-order chi connectivity index (χ1) is 10.2. The summed E-state index contributed by atoms with van der Waals surface area (Å²) in [4.78, 5) is 23.5. The van der Waals surface area contributed by atoms with Crippen molar-refractivity contribution in [1.82, 2.24) is 0 Å². The van der Waals surface area contributed by atoms with E-state index in [0.717, 1.165) is 44.5 Å². The van der Waals surface area contributed by atoms with Crippen molar-refractivity contribution >= 4 is 11.6 Å². The molecule has 0 N–H and O–H groups in total. The summed E-state index contributed by atoms with van der Waals surface area (Å²) in [7, 11) is 0. The van der Waals surface area contributed by atoms with Gasteiger partial charge in [-0.05, 0) is 74.9 Å². The highest BCUT2D eigenvalue weighted by Gasteiger charge is 2.13. The molecule has 0 spiro atoms. The molecule has 0 saturated heterocycles. The van der Waals surface area contributed by atoms with Crippen molar-refractivity contribution < 1.29 is 9.59 Å². The van der Waals surface area contributed by atoms with Crippen LogP contribution in [0.15, 0.2) is 24.3 Å². The normalized spacial score (nSPS) is 10.6. The van der Waals surface area contributed by atoms with Crippen LogP contribution in [0, 0.1) is 27.7 Å². The van der Waals surface area contributed by atoms with Gasteiger partial charge in [-0.15, -0.1) is 0 Å². The second kappa shape index (κ2) is 5.88. The van der Waals surface area contributed by atoms with Gasteiger partial charge in [0.2, 0.25) is 0 Å². The van der Waals surface area contributed by atoms with Crippen LogP contribution in [0.25, 0.3) is 11.1 Å². The topological polar surface area (TPSA) is 34.1 Å². The lowest BCUT2D eigenvalue weighted by Gasteiger charge is -2.14. The minimum Gasteiger partial charge on any atom is -0.294 e. The zero-order chi connectivity index (χ0) is 16.6. The van der Waals surface area contributed by atoms with Crippen LogP contribution in [-0.4, -0.2) is 11.6 Å². The van der Waals surface area contributed by atoms with E-state index in [4.69, 9.17) is 0 Å². The SMILES string of the molecule is CC(=O)c1c(C)cc(-c2cc(C)c(C(C)=O)c(C)c2)cc1C. The molecule has 0 unspecified atom stereocenters. The van der Waals surface area contributed by atoms with Crippen molar-refractivity contribution in [3.8, 4) is 11.1 Å². The maximum atomic E-state index is 11.7. The Hall–Kier alpha value is -2.22. The molecular formula is C20H22O2. The number of carbonyl (C=O) groups excluding carboxylic acids is 2. The first kappa shape index (κ1) is 16.2. The average molecular weight is 294 g/mol. The van der Waals surface area contributed by atoms with Crippen LogP contribution in [0.4, 0.5) is 0 Å². The standard InChI is InChI=1S/C20H22O2/c1-11-7-17(8-12(2)19(11)15(5)21)18-9-13(3)20(16(6)22)14(4)10-18/h7-10H,1-6H3. The highest BCUT2D eigenvalue weighted by Crippen LogP contribution is 2.29. The molecule has 2 nitrogen and oxygen atoms in total. The van der Waals surface area contributed by atoms with E-state index >= 15 is 0 Å². The van der Waals surface area contributed by atoms with Gasteiger partial charge in [0.15, 0.2) is 11.6 Å². The number of hydrogen-bond acceptors (Lipinski definition) is 2. The van der Waals surface area contributed by atoms with E-state index in [-0.39, 0.29) is 11.6 Å². The Morgan fingerprint density at radius 2 is 0.818 bits per heavy atom. The smallest absolute Gasteiger partial charge is 0.160 e. The summed E-state index contributed by atoms with van der Waals surface area (Å²) >= 11 is 0. The molecule has 0 heterocycles. The number of rotatable bonds is 3. The molecule has 0 aromatic heterocycles. The molecular weight excluding hydrogens is 272 g/mol. The minimum absolute atomic E-state index is 0.0980. The molecule has 0 aliphatic heterocycles. The molecule has 0 aliphatic carbocycles. The van der Waals surface area contributed by atoms with E-state index in [1.54, 1.807) is 13.8 Å². The lowest BCUT2D eigenvalue weighted by atomic mass is 9.90. The van der Waals surface area contributed by atoms with Crippen LogP contribution < -0.4 is 0 Å². The first-order valence-electron chi connectivity index (χ1n) is 7.47. The third-order valence-electron chi connectivity index (χ3n) is 4.10. The van der Waals surface area contributed by atoms with Gasteiger partial charge in [0, 0.05) is 11.1 Å². The van der Waals surface area contributed by atoms with Gasteiger partial charge >= 0.3 is 0 Å². The Morgan fingerprint density at radius 1 is 0.591 bits per heavy atom. The second-order valence-electron chi connectivity index (χ2n) is 6.08. The molecule has 2 heteroatoms. The largest absolute Gasteiger partial charge is 0.294 e. The fraction of sp³-hybridized carbons (Fsp3) is 0.300. The summed E-state index contributed by atoms with van der Waals surface area (Å²) in [5.74, 6) is 0.196. The molecule has 0 saturated carbocycles. The van der Waals surface area contributed by atoms with Gasteiger partial charge in [-0.25, -0.2) is 0 Å². The molecule has 2 rings (SSSR count). The van der Waals surface area contributed by atoms with Gasteiger partial charge in [0.1, 0.15) is 0 Å². The van der Waals surface area contributed by atoms with Gasteiger partial charge in [-0.3, -0.25) is 9.59 Å². The van der Waals surface area contributed by atoms with Crippen LogP contribution in [0.5, 0.6) is 0 Å². The van der Waals surface area contributed by atoms with E-state index in [1.165, 1.54) is 0 Å². The Labute approximate surface area is 132 Å². The number of carbonyl (C=O) groups is 2. The number of benzene rings is 2. The Balaban J connectivity index is 2.63. The summed E-state index contributed by atoms with van der Waals surface area (Å²) in [5, 5.41) is 0. The van der Waals surface area contributed by atoms with Gasteiger partial charge < -0.3 is 0 Å². The second-order valence-corrected chi connectivity index (χ2v) is 6.08. The number of ketones is 2. The average Bonchev–Trinajstić information content (AvgIpc) is 2.35. The number of hydrogen-bond donors (Lipinski definition) is 0. The maximum Gasteiger partial charge on any atom is 0.160 e. The van der Waals surface area contributed by atoms with E-state index in [9.17, 15) is 9.59 Å². The molecule has 0 bridgehead atoms. The van der Waals surface area contributed by atoms with Gasteiger partial charge in [-0.1, -0.05) is 24.3 Å². The van der Waals surface area contributed by atoms with E-state index < -0.39 is 0 Å². The van der Waals surface area contributed by atoms with E-state index in [1.807, 2.05) is 52.0 Å². The van der Waals surface area contributed by atoms with Crippen molar-refractivity contribution in [2.75, 3.05) is 0 Å². The van der Waals surface area contributed by atoms with Crippen molar-refractivity contribution in [3.05, 3.63) is 57.6 Å². The minimum atomic E-state index is 0.0980. The Morgan fingerprint density at radius 3 is 1.00 bits per heavy atom. The summed E-state index contributed by atoms with van der Waals surface area (Å²) in [6.07, 6.45) is 0. The van der Waals surface area contributed by atoms with Crippen LogP contribution in [0.1, 0.15) is 56.8 Å². The lowest BCUT2D eigenvalue weighted by Crippen LogP contribution is -2.02. The van der Waals surface area contributed by atoms with Gasteiger partial charge in [0.05, 0.1) is 0 Å². The molecule has 0 aliphatic rings. The molecule has 2 aromatic rings. The fourth-order valence-corrected chi connectivity index (χ4v) is 3.37. The Kier molecular flexibility index (Phi) is 4.32. The lowest BCUT2D eigenvalue weighted by molar-refractivity contribution is 0.100. The summed E-state index contributed by atoms with van der Waals surface area (Å²) in [6.45, 7) is 11.1. The fourth-order valence-electron chi connectivity index (χ4n) is 3.37. The summed E-state index contributed by atoms with van der Waals surface area (Å²) in [5.41, 5.74) is 7.75. The predicted molar refractivity (Wildman–Crippen MR) is 90.8 cm³/mol. The van der Waals surface area contributed by atoms with E-state index in [0.29, 0.717) is 0 Å². The third kappa shape index (κ3) is 2.87. The van der Waals surface area contributed by atoms with Crippen LogP contribution in [-0.2, 0) is 0 Å². The van der Waals surface area contributed by atoms with Gasteiger partial charge in [0.25, 0.3) is 0 Å². The molecule has 0 amide bonds. The predicted octanol–water partition coefficient (Wildman–Crippen LogP) is 4.99. The summed E-state index contributed by atoms with van der Waals surface area (Å²) < 4.78 is 0. The van der Waals surface area contributed by atoms with Crippen molar-refractivity contribution in [1.29, 1.82) is 0 Å². The molecule has 0 radical (unpaired) electrons. The van der Waals surface area contributed by atoms with Crippen LogP contribution in [0.3, 0.4) is 0 Å². The zero-order valence-electron chi connectivity index (χ0n) is 14.1. The third-order valence-corrected chi connectivity index (χ3v) is 4.10. The quantitative estimate of drug-likeness (QED) is 0.747. The number of aryl methyl sites for hydroxylation is 4. The highest BCUT2D eigenvalue weighted by atomic mass is 16.1. The first-order valence-corrected chi connectivity index (χ1v) is 7.47.